The van der Waals surface area contributed by atoms with Crippen molar-refractivity contribution in [1.29, 1.82) is 0 Å². The average Bonchev–Trinajstić information content (AvgIpc) is 3.30. The zero-order chi connectivity index (χ0) is 46.3. The lowest BCUT2D eigenvalue weighted by atomic mass is 10.0. The van der Waals surface area contributed by atoms with Crippen molar-refractivity contribution in [2.24, 2.45) is 0 Å². The zero-order valence-corrected chi connectivity index (χ0v) is 43.6. The van der Waals surface area contributed by atoms with Crippen molar-refractivity contribution >= 4 is 11.9 Å². The summed E-state index contributed by atoms with van der Waals surface area (Å²) in [5.74, 6) is -0.384. The Bertz CT molecular complexity index is 974. The van der Waals surface area contributed by atoms with E-state index < -0.39 is 6.10 Å². The molecule has 0 aliphatic carbocycles. The first-order valence-electron chi connectivity index (χ1n) is 28.9. The van der Waals surface area contributed by atoms with E-state index in [1.54, 1.807) is 0 Å². The number of hydrogen-bond acceptors (Lipinski definition) is 5. The van der Waals surface area contributed by atoms with Crippen LogP contribution >= 0.6 is 0 Å². The van der Waals surface area contributed by atoms with Crippen LogP contribution in [-0.4, -0.2) is 37.9 Å². The second-order valence-corrected chi connectivity index (χ2v) is 19.5. The molecule has 0 fully saturated rings. The lowest BCUT2D eigenvalue weighted by molar-refractivity contribution is -0.163. The standard InChI is InChI=1S/C59H112O5/c1-4-7-10-13-16-19-22-25-28-30-32-34-37-40-43-46-49-52-58(60)63-56-57(55-62-54-51-48-45-42-39-36-33-29-26-23-20-17-14-11-8-5-2)64-59(61)53-50-47-44-41-38-35-31-27-24-21-18-15-12-9-6-3/h25-26,28-29,57H,4-24,27,30-56H2,1-3H3/b28-25-,29-26-. The third kappa shape index (κ3) is 53.0. The van der Waals surface area contributed by atoms with Gasteiger partial charge in [0.15, 0.2) is 6.10 Å². The van der Waals surface area contributed by atoms with Crippen LogP contribution in [0.4, 0.5) is 0 Å². The SMILES string of the molecule is CCCCCCCC/C=C\CCCCCCCCCC(=O)OCC(COCCCCCCCC/C=C\CCCCCCCC)OC(=O)CCCCCCCCCCCCCCCCC. The maximum absolute atomic E-state index is 12.8. The van der Waals surface area contributed by atoms with E-state index >= 15 is 0 Å². The summed E-state index contributed by atoms with van der Waals surface area (Å²) in [6.45, 7) is 7.87. The van der Waals surface area contributed by atoms with Crippen molar-refractivity contribution in [2.75, 3.05) is 19.8 Å². The molecule has 0 N–H and O–H groups in total. The molecule has 5 nitrogen and oxygen atoms in total. The first-order valence-corrected chi connectivity index (χ1v) is 28.9. The van der Waals surface area contributed by atoms with Gasteiger partial charge in [-0.3, -0.25) is 9.59 Å². The van der Waals surface area contributed by atoms with Gasteiger partial charge in [-0.2, -0.15) is 0 Å². The molecule has 0 heterocycles. The van der Waals surface area contributed by atoms with Crippen molar-refractivity contribution in [3.05, 3.63) is 24.3 Å². The van der Waals surface area contributed by atoms with Crippen LogP contribution in [0.1, 0.15) is 316 Å². The van der Waals surface area contributed by atoms with Crippen molar-refractivity contribution in [1.82, 2.24) is 0 Å². The van der Waals surface area contributed by atoms with Crippen LogP contribution in [-0.2, 0) is 23.8 Å². The predicted octanol–water partition coefficient (Wildman–Crippen LogP) is 19.6. The molecule has 0 spiro atoms. The molecule has 0 aromatic rings. The molecular weight excluding hydrogens is 789 g/mol. The minimum atomic E-state index is -0.535. The first kappa shape index (κ1) is 62.4. The molecule has 0 aliphatic rings. The summed E-state index contributed by atoms with van der Waals surface area (Å²) >= 11 is 0. The fourth-order valence-electron chi connectivity index (χ4n) is 8.62. The van der Waals surface area contributed by atoms with Crippen LogP contribution in [0.5, 0.6) is 0 Å². The molecule has 1 unspecified atom stereocenters. The van der Waals surface area contributed by atoms with Crippen LogP contribution in [0.25, 0.3) is 0 Å². The van der Waals surface area contributed by atoms with Crippen LogP contribution in [0.2, 0.25) is 0 Å². The third-order valence-electron chi connectivity index (χ3n) is 13.0. The number of allylic oxidation sites excluding steroid dienone is 4. The summed E-state index contributed by atoms with van der Waals surface area (Å²) in [5, 5.41) is 0. The summed E-state index contributed by atoms with van der Waals surface area (Å²) in [6.07, 6.45) is 66.2. The maximum Gasteiger partial charge on any atom is 0.306 e. The molecule has 0 amide bonds. The van der Waals surface area contributed by atoms with Crippen LogP contribution in [0, 0.1) is 0 Å². The van der Waals surface area contributed by atoms with E-state index in [2.05, 4.69) is 45.1 Å². The van der Waals surface area contributed by atoms with Gasteiger partial charge >= 0.3 is 11.9 Å². The number of unbranched alkanes of at least 4 members (excludes halogenated alkanes) is 39. The molecule has 0 saturated heterocycles. The van der Waals surface area contributed by atoms with Crippen LogP contribution in [0.15, 0.2) is 24.3 Å². The molecule has 0 aromatic carbocycles. The topological polar surface area (TPSA) is 61.8 Å². The number of hydrogen-bond donors (Lipinski definition) is 0. The fourth-order valence-corrected chi connectivity index (χ4v) is 8.62. The van der Waals surface area contributed by atoms with Gasteiger partial charge in [-0.05, 0) is 70.6 Å². The van der Waals surface area contributed by atoms with Gasteiger partial charge in [-0.1, -0.05) is 257 Å². The van der Waals surface area contributed by atoms with Crippen molar-refractivity contribution < 1.29 is 23.8 Å². The Hall–Kier alpha value is -1.62. The summed E-state index contributed by atoms with van der Waals surface area (Å²) in [7, 11) is 0. The van der Waals surface area contributed by atoms with Gasteiger partial charge in [0.25, 0.3) is 0 Å². The highest BCUT2D eigenvalue weighted by molar-refractivity contribution is 5.70. The highest BCUT2D eigenvalue weighted by Crippen LogP contribution is 2.16. The largest absolute Gasteiger partial charge is 0.462 e. The van der Waals surface area contributed by atoms with E-state index in [0.29, 0.717) is 19.4 Å². The fraction of sp³-hybridized carbons (Fsp3) is 0.898. The van der Waals surface area contributed by atoms with E-state index in [0.717, 1.165) is 38.5 Å². The van der Waals surface area contributed by atoms with E-state index in [4.69, 9.17) is 14.2 Å². The summed E-state index contributed by atoms with van der Waals surface area (Å²) < 4.78 is 17.5. The van der Waals surface area contributed by atoms with Gasteiger partial charge in [0.05, 0.1) is 6.61 Å². The van der Waals surface area contributed by atoms with Crippen LogP contribution < -0.4 is 0 Å². The molecule has 0 aliphatic heterocycles. The Morgan fingerprint density at radius 2 is 0.609 bits per heavy atom. The van der Waals surface area contributed by atoms with E-state index in [-0.39, 0.29) is 25.2 Å². The molecule has 1 atom stereocenters. The van der Waals surface area contributed by atoms with E-state index in [1.165, 1.54) is 244 Å². The maximum atomic E-state index is 12.8. The summed E-state index contributed by atoms with van der Waals surface area (Å²) in [5.41, 5.74) is 0. The van der Waals surface area contributed by atoms with Gasteiger partial charge in [-0.15, -0.1) is 0 Å². The molecule has 5 heteroatoms. The zero-order valence-electron chi connectivity index (χ0n) is 43.6. The van der Waals surface area contributed by atoms with Crippen molar-refractivity contribution in [2.45, 2.75) is 322 Å². The molecule has 0 bridgehead atoms. The van der Waals surface area contributed by atoms with Crippen molar-refractivity contribution in [3.63, 3.8) is 0 Å². The van der Waals surface area contributed by atoms with Crippen molar-refractivity contribution in [3.8, 4) is 0 Å². The molecular formula is C59H112O5. The number of carbonyl (C=O) groups is 2. The summed E-state index contributed by atoms with van der Waals surface area (Å²) in [6, 6.07) is 0. The molecule has 64 heavy (non-hydrogen) atoms. The Morgan fingerprint density at radius 3 is 0.953 bits per heavy atom. The quantitative estimate of drug-likeness (QED) is 0.0346. The minimum absolute atomic E-state index is 0.0875. The Labute approximate surface area is 400 Å². The molecule has 0 aromatic heterocycles. The molecule has 0 saturated carbocycles. The van der Waals surface area contributed by atoms with Gasteiger partial charge in [-0.25, -0.2) is 0 Å². The normalized spacial score (nSPS) is 12.2. The van der Waals surface area contributed by atoms with E-state index in [9.17, 15) is 9.59 Å². The molecule has 378 valence electrons. The Balaban J connectivity index is 4.23. The predicted molar refractivity (Wildman–Crippen MR) is 279 cm³/mol. The van der Waals surface area contributed by atoms with E-state index in [1.807, 2.05) is 0 Å². The van der Waals surface area contributed by atoms with Gasteiger partial charge < -0.3 is 14.2 Å². The number of ether oxygens (including phenoxy) is 3. The van der Waals surface area contributed by atoms with Gasteiger partial charge in [0, 0.05) is 19.4 Å². The second kappa shape index (κ2) is 55.7. The third-order valence-corrected chi connectivity index (χ3v) is 13.0. The Kier molecular flexibility index (Phi) is 54.3. The molecule has 0 radical (unpaired) electrons. The highest BCUT2D eigenvalue weighted by atomic mass is 16.6. The molecule has 0 rings (SSSR count). The minimum Gasteiger partial charge on any atom is -0.462 e. The highest BCUT2D eigenvalue weighted by Gasteiger charge is 2.17. The first-order chi connectivity index (χ1) is 31.6. The lowest BCUT2D eigenvalue weighted by Gasteiger charge is -2.18. The number of esters is 2. The smallest absolute Gasteiger partial charge is 0.306 e. The van der Waals surface area contributed by atoms with Gasteiger partial charge in [0.2, 0.25) is 0 Å². The average molecular weight is 902 g/mol. The second-order valence-electron chi connectivity index (χ2n) is 19.5. The lowest BCUT2D eigenvalue weighted by Crippen LogP contribution is -2.30. The Morgan fingerprint density at radius 1 is 0.328 bits per heavy atom. The van der Waals surface area contributed by atoms with Gasteiger partial charge in [0.1, 0.15) is 6.61 Å². The van der Waals surface area contributed by atoms with Crippen LogP contribution in [0.3, 0.4) is 0 Å². The summed E-state index contributed by atoms with van der Waals surface area (Å²) in [4.78, 5) is 25.5. The monoisotopic (exact) mass is 901 g/mol. The number of carbonyl (C=O) groups excluding carboxylic acids is 2. The number of rotatable bonds is 54.